The van der Waals surface area contributed by atoms with E-state index in [0.29, 0.717) is 5.92 Å². The first-order chi connectivity index (χ1) is 7.70. The molecule has 1 aromatic rings. The molecule has 2 unspecified atom stereocenters. The number of aromatic nitrogens is 2. The molecule has 1 heterocycles. The number of methoxy groups -OCH3 is 1. The zero-order valence-corrected chi connectivity index (χ0v) is 10.5. The molecule has 0 aromatic carbocycles. The third kappa shape index (κ3) is 3.25. The molecule has 0 fully saturated rings. The Hall–Kier alpha value is -1.00. The van der Waals surface area contributed by atoms with Crippen molar-refractivity contribution in [3.8, 4) is 0 Å². The van der Waals surface area contributed by atoms with Crippen molar-refractivity contribution in [2.45, 2.75) is 32.9 Å². The Morgan fingerprint density at radius 1 is 1.38 bits per heavy atom. The molecule has 90 valence electrons. The van der Waals surface area contributed by atoms with Crippen LogP contribution in [0.25, 0.3) is 0 Å². The second-order valence-electron chi connectivity index (χ2n) is 4.11. The van der Waals surface area contributed by atoms with Crippen molar-refractivity contribution in [3.05, 3.63) is 24.3 Å². The third-order valence-corrected chi connectivity index (χ3v) is 2.58. The van der Waals surface area contributed by atoms with E-state index in [1.807, 2.05) is 0 Å². The molecule has 0 spiro atoms. The number of hydrogen-bond acceptors (Lipinski definition) is 4. The zero-order valence-electron chi connectivity index (χ0n) is 10.5. The number of likely N-dealkylation sites (N-methyl/N-ethyl adjacent to an activating group) is 1. The van der Waals surface area contributed by atoms with E-state index >= 15 is 0 Å². The Kier molecular flexibility index (Phi) is 5.35. The van der Waals surface area contributed by atoms with Gasteiger partial charge in [-0.3, -0.25) is 9.97 Å². The van der Waals surface area contributed by atoms with Gasteiger partial charge >= 0.3 is 0 Å². The summed E-state index contributed by atoms with van der Waals surface area (Å²) in [7, 11) is 1.74. The first kappa shape index (κ1) is 13.1. The minimum Gasteiger partial charge on any atom is -0.379 e. The summed E-state index contributed by atoms with van der Waals surface area (Å²) in [5, 5.41) is 3.40. The van der Waals surface area contributed by atoms with Crippen LogP contribution in [0.15, 0.2) is 18.6 Å². The van der Waals surface area contributed by atoms with Crippen LogP contribution in [0.1, 0.15) is 32.5 Å². The van der Waals surface area contributed by atoms with Crippen molar-refractivity contribution in [1.29, 1.82) is 0 Å². The van der Waals surface area contributed by atoms with Crippen LogP contribution in [0.3, 0.4) is 0 Å². The van der Waals surface area contributed by atoms with E-state index in [4.69, 9.17) is 4.74 Å². The molecule has 0 aliphatic heterocycles. The molecule has 16 heavy (non-hydrogen) atoms. The van der Waals surface area contributed by atoms with Gasteiger partial charge in [-0.15, -0.1) is 0 Å². The van der Waals surface area contributed by atoms with E-state index in [1.165, 1.54) is 0 Å². The molecular formula is C12H21N3O. The van der Waals surface area contributed by atoms with Crippen LogP contribution in [0, 0.1) is 5.92 Å². The number of nitrogens with one attached hydrogen (secondary N) is 1. The van der Waals surface area contributed by atoms with Gasteiger partial charge in [-0.05, 0) is 12.5 Å². The van der Waals surface area contributed by atoms with Gasteiger partial charge < -0.3 is 10.1 Å². The minimum absolute atomic E-state index is 0.101. The lowest BCUT2D eigenvalue weighted by Crippen LogP contribution is -2.37. The standard InChI is InChI=1S/C12H21N3O/c1-5-14-11(12(16-4)9(2)3)10-8-13-6-7-15-10/h6-9,11-12,14H,5H2,1-4H3. The number of ether oxygens (including phenoxy) is 1. The largest absolute Gasteiger partial charge is 0.379 e. The maximum atomic E-state index is 5.55. The molecule has 0 saturated carbocycles. The van der Waals surface area contributed by atoms with E-state index < -0.39 is 0 Å². The monoisotopic (exact) mass is 223 g/mol. The van der Waals surface area contributed by atoms with Gasteiger partial charge in [0.05, 0.1) is 24.0 Å². The average molecular weight is 223 g/mol. The van der Waals surface area contributed by atoms with Crippen molar-refractivity contribution in [3.63, 3.8) is 0 Å². The van der Waals surface area contributed by atoms with Crippen LogP contribution >= 0.6 is 0 Å². The first-order valence-electron chi connectivity index (χ1n) is 5.72. The quantitative estimate of drug-likeness (QED) is 0.799. The predicted molar refractivity (Wildman–Crippen MR) is 64.1 cm³/mol. The Bertz CT molecular complexity index is 290. The molecule has 1 aromatic heterocycles. The maximum Gasteiger partial charge on any atom is 0.0804 e. The van der Waals surface area contributed by atoms with Gasteiger partial charge in [0.15, 0.2) is 0 Å². The molecule has 0 radical (unpaired) electrons. The molecule has 0 amide bonds. The van der Waals surface area contributed by atoms with Gasteiger partial charge in [-0.2, -0.15) is 0 Å². The fraction of sp³-hybridized carbons (Fsp3) is 0.667. The molecule has 4 nitrogen and oxygen atoms in total. The van der Waals surface area contributed by atoms with Crippen molar-refractivity contribution < 1.29 is 4.74 Å². The van der Waals surface area contributed by atoms with Crippen molar-refractivity contribution in [1.82, 2.24) is 15.3 Å². The minimum atomic E-state index is 0.101. The lowest BCUT2D eigenvalue weighted by Gasteiger charge is -2.28. The van der Waals surface area contributed by atoms with E-state index in [-0.39, 0.29) is 12.1 Å². The van der Waals surface area contributed by atoms with Crippen LogP contribution in [-0.2, 0) is 4.74 Å². The van der Waals surface area contributed by atoms with Crippen LogP contribution in [0.5, 0.6) is 0 Å². The molecule has 0 saturated heterocycles. The smallest absolute Gasteiger partial charge is 0.0804 e. The summed E-state index contributed by atoms with van der Waals surface area (Å²) < 4.78 is 5.55. The van der Waals surface area contributed by atoms with E-state index in [9.17, 15) is 0 Å². The highest BCUT2D eigenvalue weighted by atomic mass is 16.5. The van der Waals surface area contributed by atoms with Gasteiger partial charge in [0.1, 0.15) is 0 Å². The topological polar surface area (TPSA) is 47.0 Å². The number of rotatable bonds is 6. The van der Waals surface area contributed by atoms with Gasteiger partial charge in [-0.25, -0.2) is 0 Å². The van der Waals surface area contributed by atoms with Gasteiger partial charge in [0.25, 0.3) is 0 Å². The summed E-state index contributed by atoms with van der Waals surface area (Å²) in [4.78, 5) is 8.45. The molecule has 0 aliphatic rings. The molecule has 1 N–H and O–H groups in total. The summed E-state index contributed by atoms with van der Waals surface area (Å²) in [5.74, 6) is 0.427. The summed E-state index contributed by atoms with van der Waals surface area (Å²) in [6.45, 7) is 7.26. The van der Waals surface area contributed by atoms with Crippen LogP contribution in [0.2, 0.25) is 0 Å². The SMILES string of the molecule is CCNC(c1cnccn1)C(OC)C(C)C. The molecule has 0 aliphatic carbocycles. The molecule has 0 bridgehead atoms. The second-order valence-corrected chi connectivity index (χ2v) is 4.11. The highest BCUT2D eigenvalue weighted by molar-refractivity contribution is 5.05. The third-order valence-electron chi connectivity index (χ3n) is 2.58. The molecule has 2 atom stereocenters. The van der Waals surface area contributed by atoms with Crippen LogP contribution < -0.4 is 5.32 Å². The summed E-state index contributed by atoms with van der Waals surface area (Å²) in [6.07, 6.45) is 5.30. The molecule has 1 rings (SSSR count). The van der Waals surface area contributed by atoms with E-state index in [0.717, 1.165) is 12.2 Å². The predicted octanol–water partition coefficient (Wildman–Crippen LogP) is 1.80. The summed E-state index contributed by atoms with van der Waals surface area (Å²) in [5.41, 5.74) is 0.935. The zero-order chi connectivity index (χ0) is 12.0. The fourth-order valence-corrected chi connectivity index (χ4v) is 1.87. The number of hydrogen-bond donors (Lipinski definition) is 1. The van der Waals surface area contributed by atoms with Crippen LogP contribution in [-0.4, -0.2) is 29.7 Å². The summed E-state index contributed by atoms with van der Waals surface area (Å²) >= 11 is 0. The fourth-order valence-electron chi connectivity index (χ4n) is 1.87. The lowest BCUT2D eigenvalue weighted by molar-refractivity contribution is 0.0318. The van der Waals surface area contributed by atoms with Gasteiger partial charge in [-0.1, -0.05) is 20.8 Å². The summed E-state index contributed by atoms with van der Waals surface area (Å²) in [6, 6.07) is 0.101. The van der Waals surface area contributed by atoms with Gasteiger partial charge in [0.2, 0.25) is 0 Å². The normalized spacial score (nSPS) is 15.1. The second kappa shape index (κ2) is 6.55. The van der Waals surface area contributed by atoms with Crippen molar-refractivity contribution >= 4 is 0 Å². The Balaban J connectivity index is 2.89. The Morgan fingerprint density at radius 3 is 2.56 bits per heavy atom. The van der Waals surface area contributed by atoms with E-state index in [2.05, 4.69) is 36.1 Å². The number of nitrogens with zero attached hydrogens (tertiary/aromatic N) is 2. The average Bonchev–Trinajstić information content (AvgIpc) is 2.29. The Labute approximate surface area is 97.5 Å². The van der Waals surface area contributed by atoms with Crippen LogP contribution in [0.4, 0.5) is 0 Å². The molecular weight excluding hydrogens is 202 g/mol. The van der Waals surface area contributed by atoms with Crippen molar-refractivity contribution in [2.24, 2.45) is 5.92 Å². The maximum absolute atomic E-state index is 5.55. The van der Waals surface area contributed by atoms with E-state index in [1.54, 1.807) is 25.7 Å². The lowest BCUT2D eigenvalue weighted by atomic mass is 9.97. The highest BCUT2D eigenvalue weighted by Gasteiger charge is 2.26. The van der Waals surface area contributed by atoms with Crippen molar-refractivity contribution in [2.75, 3.05) is 13.7 Å². The molecule has 4 heteroatoms. The van der Waals surface area contributed by atoms with Gasteiger partial charge in [0, 0.05) is 19.5 Å². The highest BCUT2D eigenvalue weighted by Crippen LogP contribution is 2.22. The Morgan fingerprint density at radius 2 is 2.12 bits per heavy atom. The first-order valence-corrected chi connectivity index (χ1v) is 5.72.